The van der Waals surface area contributed by atoms with E-state index >= 15 is 0 Å². The lowest BCUT2D eigenvalue weighted by atomic mass is 9.88. The standard InChI is InChI=1S/C19H22N2O6/c1-24-15-7-11-5-6-20-19(12(11)8-16(15)25-2)13-9-17(26-3)18(27-4)10-14(13)21(22)23/h7-10,19-20H,5-6H2,1-4H3/t19-/m0/s1. The van der Waals surface area contributed by atoms with Crippen molar-refractivity contribution in [1.29, 1.82) is 0 Å². The Morgan fingerprint density at radius 3 is 1.96 bits per heavy atom. The van der Waals surface area contributed by atoms with Gasteiger partial charge < -0.3 is 24.3 Å². The first-order valence-electron chi connectivity index (χ1n) is 8.42. The molecule has 144 valence electrons. The highest BCUT2D eigenvalue weighted by Crippen LogP contribution is 2.43. The third kappa shape index (κ3) is 3.35. The highest BCUT2D eigenvalue weighted by molar-refractivity contribution is 5.59. The van der Waals surface area contributed by atoms with Gasteiger partial charge in [0.2, 0.25) is 0 Å². The van der Waals surface area contributed by atoms with Gasteiger partial charge in [0, 0.05) is 6.54 Å². The average Bonchev–Trinajstić information content (AvgIpc) is 2.70. The molecule has 1 aliphatic rings. The minimum Gasteiger partial charge on any atom is -0.493 e. The maximum Gasteiger partial charge on any atom is 0.278 e. The van der Waals surface area contributed by atoms with E-state index in [9.17, 15) is 10.1 Å². The number of nitro benzene ring substituents is 1. The molecule has 27 heavy (non-hydrogen) atoms. The predicted molar refractivity (Wildman–Crippen MR) is 99.3 cm³/mol. The summed E-state index contributed by atoms with van der Waals surface area (Å²) in [5, 5.41) is 15.1. The zero-order valence-corrected chi connectivity index (χ0v) is 15.7. The number of fused-ring (bicyclic) bond motifs is 1. The molecule has 0 aliphatic carbocycles. The van der Waals surface area contributed by atoms with Gasteiger partial charge in [-0.05, 0) is 35.7 Å². The molecule has 0 bridgehead atoms. The lowest BCUT2D eigenvalue weighted by Crippen LogP contribution is -2.31. The van der Waals surface area contributed by atoms with Gasteiger partial charge in [0.25, 0.3) is 5.69 Å². The monoisotopic (exact) mass is 374 g/mol. The second kappa shape index (κ2) is 7.71. The average molecular weight is 374 g/mol. The molecule has 0 aromatic heterocycles. The maximum absolute atomic E-state index is 11.7. The highest BCUT2D eigenvalue weighted by atomic mass is 16.6. The first kappa shape index (κ1) is 18.8. The Balaban J connectivity index is 2.20. The Morgan fingerprint density at radius 2 is 1.41 bits per heavy atom. The normalized spacial score (nSPS) is 15.6. The van der Waals surface area contributed by atoms with E-state index in [1.54, 1.807) is 20.3 Å². The fourth-order valence-electron chi connectivity index (χ4n) is 3.43. The molecule has 2 aromatic carbocycles. The molecule has 0 spiro atoms. The molecule has 0 saturated heterocycles. The van der Waals surface area contributed by atoms with E-state index in [1.807, 2.05) is 12.1 Å². The Bertz CT molecular complexity index is 868. The third-order valence-electron chi connectivity index (χ3n) is 4.74. The highest BCUT2D eigenvalue weighted by Gasteiger charge is 2.31. The van der Waals surface area contributed by atoms with Crippen LogP contribution in [0, 0.1) is 10.1 Å². The molecule has 1 atom stereocenters. The molecule has 0 unspecified atom stereocenters. The van der Waals surface area contributed by atoms with Gasteiger partial charge in [0.1, 0.15) is 0 Å². The largest absolute Gasteiger partial charge is 0.493 e. The minimum absolute atomic E-state index is 0.0345. The molecule has 8 nitrogen and oxygen atoms in total. The second-order valence-electron chi connectivity index (χ2n) is 6.07. The SMILES string of the molecule is COc1cc2c(cc1OC)[C@@H](c1cc(OC)c(OC)cc1[N+](=O)[O-])NCC2. The van der Waals surface area contributed by atoms with Gasteiger partial charge in [-0.3, -0.25) is 10.1 Å². The number of nitrogens with one attached hydrogen (secondary N) is 1. The Morgan fingerprint density at radius 1 is 0.889 bits per heavy atom. The number of nitrogens with zero attached hydrogens (tertiary/aromatic N) is 1. The van der Waals surface area contributed by atoms with Gasteiger partial charge in [0.05, 0.1) is 51.0 Å². The molecule has 8 heteroatoms. The molecule has 1 N–H and O–H groups in total. The van der Waals surface area contributed by atoms with Crippen molar-refractivity contribution in [2.24, 2.45) is 0 Å². The molecule has 1 aliphatic heterocycles. The second-order valence-corrected chi connectivity index (χ2v) is 6.07. The molecule has 0 radical (unpaired) electrons. The number of rotatable bonds is 6. The summed E-state index contributed by atoms with van der Waals surface area (Å²) in [6, 6.07) is 6.46. The lowest BCUT2D eigenvalue weighted by molar-refractivity contribution is -0.385. The van der Waals surface area contributed by atoms with Gasteiger partial charge in [-0.15, -0.1) is 0 Å². The van der Waals surface area contributed by atoms with Gasteiger partial charge in [0.15, 0.2) is 23.0 Å². The van der Waals surface area contributed by atoms with Crippen LogP contribution in [0.15, 0.2) is 24.3 Å². The summed E-state index contributed by atoms with van der Waals surface area (Å²) in [6.07, 6.45) is 0.785. The summed E-state index contributed by atoms with van der Waals surface area (Å²) in [6.45, 7) is 0.679. The van der Waals surface area contributed by atoms with Crippen LogP contribution in [-0.2, 0) is 6.42 Å². The summed E-state index contributed by atoms with van der Waals surface area (Å²) in [4.78, 5) is 11.3. The fraction of sp³-hybridized carbons (Fsp3) is 0.368. The maximum atomic E-state index is 11.7. The van der Waals surface area contributed by atoms with Crippen LogP contribution < -0.4 is 24.3 Å². The smallest absolute Gasteiger partial charge is 0.278 e. The zero-order valence-electron chi connectivity index (χ0n) is 15.7. The first-order valence-corrected chi connectivity index (χ1v) is 8.42. The molecular formula is C19H22N2O6. The Labute approximate surface area is 157 Å². The van der Waals surface area contributed by atoms with Crippen molar-refractivity contribution in [3.05, 3.63) is 51.1 Å². The van der Waals surface area contributed by atoms with E-state index in [4.69, 9.17) is 18.9 Å². The van der Waals surface area contributed by atoms with Crippen LogP contribution in [0.1, 0.15) is 22.7 Å². The minimum atomic E-state index is -0.409. The van der Waals surface area contributed by atoms with Crippen molar-refractivity contribution in [3.63, 3.8) is 0 Å². The number of hydrogen-bond acceptors (Lipinski definition) is 7. The summed E-state index contributed by atoms with van der Waals surface area (Å²) in [5.41, 5.74) is 2.44. The first-order chi connectivity index (χ1) is 13.0. The van der Waals surface area contributed by atoms with Crippen molar-refractivity contribution in [3.8, 4) is 23.0 Å². The van der Waals surface area contributed by atoms with Crippen molar-refractivity contribution in [2.45, 2.75) is 12.5 Å². The Kier molecular flexibility index (Phi) is 5.36. The summed E-state index contributed by atoms with van der Waals surface area (Å²) in [5.74, 6) is 1.97. The van der Waals surface area contributed by atoms with Crippen molar-refractivity contribution < 1.29 is 23.9 Å². The van der Waals surface area contributed by atoms with E-state index in [-0.39, 0.29) is 11.7 Å². The summed E-state index contributed by atoms with van der Waals surface area (Å²) < 4.78 is 21.4. The van der Waals surface area contributed by atoms with Gasteiger partial charge in [-0.1, -0.05) is 0 Å². The van der Waals surface area contributed by atoms with E-state index in [0.29, 0.717) is 35.1 Å². The molecule has 3 rings (SSSR count). The van der Waals surface area contributed by atoms with Crippen LogP contribution >= 0.6 is 0 Å². The fourth-order valence-corrected chi connectivity index (χ4v) is 3.43. The number of ether oxygens (including phenoxy) is 4. The Hall–Kier alpha value is -3.00. The molecule has 0 saturated carbocycles. The number of benzene rings is 2. The molecule has 2 aromatic rings. The van der Waals surface area contributed by atoms with E-state index in [2.05, 4.69) is 5.32 Å². The molecular weight excluding hydrogens is 352 g/mol. The van der Waals surface area contributed by atoms with Gasteiger partial charge in [-0.25, -0.2) is 0 Å². The van der Waals surface area contributed by atoms with E-state index in [0.717, 1.165) is 17.5 Å². The summed E-state index contributed by atoms with van der Waals surface area (Å²) >= 11 is 0. The van der Waals surface area contributed by atoms with Gasteiger partial charge in [-0.2, -0.15) is 0 Å². The van der Waals surface area contributed by atoms with Crippen molar-refractivity contribution in [2.75, 3.05) is 35.0 Å². The lowest BCUT2D eigenvalue weighted by Gasteiger charge is -2.28. The van der Waals surface area contributed by atoms with Gasteiger partial charge >= 0.3 is 0 Å². The van der Waals surface area contributed by atoms with Crippen molar-refractivity contribution in [1.82, 2.24) is 5.32 Å². The summed E-state index contributed by atoms with van der Waals surface area (Å²) in [7, 11) is 6.10. The van der Waals surface area contributed by atoms with Crippen LogP contribution in [0.5, 0.6) is 23.0 Å². The van der Waals surface area contributed by atoms with Crippen LogP contribution in [-0.4, -0.2) is 39.9 Å². The molecule has 1 heterocycles. The van der Waals surface area contributed by atoms with Crippen LogP contribution in [0.25, 0.3) is 0 Å². The van der Waals surface area contributed by atoms with Crippen LogP contribution in [0.4, 0.5) is 5.69 Å². The van der Waals surface area contributed by atoms with Crippen LogP contribution in [0.3, 0.4) is 0 Å². The topological polar surface area (TPSA) is 92.1 Å². The van der Waals surface area contributed by atoms with E-state index < -0.39 is 4.92 Å². The van der Waals surface area contributed by atoms with Crippen LogP contribution in [0.2, 0.25) is 0 Å². The number of methoxy groups -OCH3 is 4. The van der Waals surface area contributed by atoms with Crippen molar-refractivity contribution >= 4 is 5.69 Å². The number of hydrogen-bond donors (Lipinski definition) is 1. The third-order valence-corrected chi connectivity index (χ3v) is 4.74. The molecule has 0 fully saturated rings. The number of nitro groups is 1. The quantitative estimate of drug-likeness (QED) is 0.614. The molecule has 0 amide bonds. The predicted octanol–water partition coefficient (Wildman–Crippen LogP) is 2.86. The van der Waals surface area contributed by atoms with E-state index in [1.165, 1.54) is 20.3 Å². The zero-order chi connectivity index (χ0) is 19.6.